The first kappa shape index (κ1) is 31.8. The third-order valence-electron chi connectivity index (χ3n) is 2.68. The molecule has 0 aliphatic heterocycles. The predicted molar refractivity (Wildman–Crippen MR) is 56.0 cm³/mol. The first-order chi connectivity index (χ1) is 12.8. The van der Waals surface area contributed by atoms with Crippen molar-refractivity contribution in [3.05, 3.63) is 0 Å². The predicted octanol–water partition coefficient (Wildman–Crippen LogP) is 5.27. The van der Waals surface area contributed by atoms with Gasteiger partial charge in [-0.3, -0.25) is 9.11 Å². The van der Waals surface area contributed by atoms with Crippen LogP contribution >= 0.6 is 0 Å². The fourth-order valence-corrected chi connectivity index (χ4v) is 1.14. The molecule has 4 nitrogen and oxygen atoms in total. The van der Waals surface area contributed by atoms with Gasteiger partial charge in [0.05, 0.1) is 0 Å². The number of hydrogen-bond acceptors (Lipinski definition) is 2. The molecule has 0 aliphatic rings. The third kappa shape index (κ3) is 5.34. The van der Waals surface area contributed by atoms with Gasteiger partial charge in [-0.15, -0.1) is 0 Å². The minimum absolute atomic E-state index is 4.67. The lowest BCUT2D eigenvalue weighted by Crippen LogP contribution is -2.74. The first-order valence-corrected chi connectivity index (χ1v) is 7.25. The molecule has 0 aliphatic carbocycles. The van der Waals surface area contributed by atoms with Gasteiger partial charge in [-0.1, -0.05) is 0 Å². The Bertz CT molecular complexity index is 675. The van der Waals surface area contributed by atoms with Crippen molar-refractivity contribution in [2.24, 2.45) is 0 Å². The molecule has 0 aromatic carbocycles. The van der Waals surface area contributed by atoms with E-state index < -0.39 is 58.3 Å². The summed E-state index contributed by atoms with van der Waals surface area (Å²) in [6.45, 7) is 0. The maximum atomic E-state index is 12.8. The lowest BCUT2D eigenvalue weighted by atomic mass is 9.91. The van der Waals surface area contributed by atoms with Crippen LogP contribution in [0.2, 0.25) is 0 Å². The van der Waals surface area contributed by atoms with Gasteiger partial charge in [0.1, 0.15) is 0 Å². The van der Waals surface area contributed by atoms with E-state index in [1.165, 1.54) is 0 Å². The van der Waals surface area contributed by atoms with Gasteiger partial charge in [0, 0.05) is 0 Å². The minimum atomic E-state index is -8.72. The number of hydrogen-bond donors (Lipinski definition) is 2. The summed E-state index contributed by atoms with van der Waals surface area (Å²) in [4.78, 5) is 0. The molecule has 0 aromatic rings. The smallest absolute Gasteiger partial charge is 0.264 e. The normalized spacial score (nSPS) is 16.0. The Morgan fingerprint density at radius 2 is 0.452 bits per heavy atom. The lowest BCUT2D eigenvalue weighted by Gasteiger charge is -2.41. The highest BCUT2D eigenvalue weighted by Crippen LogP contribution is 2.63. The SMILES string of the molecule is FC(F)(F)C(F)(F)C(F)(F)C(F)(F)C(F)(F)C(F)(F)C(F)(F)C(F)(F)F.O=S(=O)(O)O. The van der Waals surface area contributed by atoms with Crippen LogP contribution < -0.4 is 0 Å². The van der Waals surface area contributed by atoms with Crippen molar-refractivity contribution in [3.63, 3.8) is 0 Å². The van der Waals surface area contributed by atoms with Crippen molar-refractivity contribution in [1.82, 2.24) is 0 Å². The van der Waals surface area contributed by atoms with Gasteiger partial charge in [-0.2, -0.15) is 87.4 Å². The van der Waals surface area contributed by atoms with Crippen LogP contribution in [-0.2, 0) is 10.4 Å². The summed E-state index contributed by atoms with van der Waals surface area (Å²) >= 11 is 0. The molecule has 0 unspecified atom stereocenters. The maximum absolute atomic E-state index is 12.8. The second kappa shape index (κ2) is 7.88. The maximum Gasteiger partial charge on any atom is 0.460 e. The first-order valence-electron chi connectivity index (χ1n) is 5.85. The molecule has 0 amide bonds. The zero-order valence-corrected chi connectivity index (χ0v) is 13.7. The second-order valence-corrected chi connectivity index (χ2v) is 5.79. The molecule has 31 heavy (non-hydrogen) atoms. The fourth-order valence-electron chi connectivity index (χ4n) is 1.14. The van der Waals surface area contributed by atoms with E-state index in [2.05, 4.69) is 0 Å². The van der Waals surface area contributed by atoms with Crippen LogP contribution in [-0.4, -0.2) is 65.4 Å². The van der Waals surface area contributed by atoms with Gasteiger partial charge in [0.25, 0.3) is 0 Å². The Hall–Kier alpha value is -1.39. The van der Waals surface area contributed by atoms with Crippen LogP contribution in [0.1, 0.15) is 0 Å². The standard InChI is InChI=1S/C8F18.H2O4S/c9-1(10,3(13,14)5(17,18)7(21,22)23)2(11,12)4(15,16)6(19,20)8(24,25)26;1-5(2,3)4/h;(H2,1,2,3,4). The summed E-state index contributed by atoms with van der Waals surface area (Å²) in [5.41, 5.74) is 0. The summed E-state index contributed by atoms with van der Waals surface area (Å²) < 4.78 is 252. The van der Waals surface area contributed by atoms with Crippen molar-refractivity contribution in [1.29, 1.82) is 0 Å². The van der Waals surface area contributed by atoms with E-state index in [-0.39, 0.29) is 0 Å². The molecule has 0 radical (unpaired) electrons. The van der Waals surface area contributed by atoms with Crippen LogP contribution in [0.25, 0.3) is 0 Å². The van der Waals surface area contributed by atoms with E-state index in [0.717, 1.165) is 0 Å². The van der Waals surface area contributed by atoms with E-state index in [0.29, 0.717) is 0 Å². The van der Waals surface area contributed by atoms with E-state index in [9.17, 15) is 79.0 Å². The van der Waals surface area contributed by atoms with Crippen molar-refractivity contribution in [2.75, 3.05) is 0 Å². The van der Waals surface area contributed by atoms with Gasteiger partial charge in [0.15, 0.2) is 0 Å². The highest BCUT2D eigenvalue weighted by atomic mass is 32.3. The average Bonchev–Trinajstić information content (AvgIpc) is 2.41. The highest BCUT2D eigenvalue weighted by Gasteiger charge is 2.95. The molecule has 0 spiro atoms. The van der Waals surface area contributed by atoms with Crippen molar-refractivity contribution in [2.45, 2.75) is 47.9 Å². The summed E-state index contributed by atoms with van der Waals surface area (Å²) in [6.07, 6.45) is -15.6. The second-order valence-electron chi connectivity index (χ2n) is 4.89. The van der Waals surface area contributed by atoms with Crippen molar-refractivity contribution < 1.29 is 96.6 Å². The van der Waals surface area contributed by atoms with Crippen molar-refractivity contribution >= 4 is 10.4 Å². The van der Waals surface area contributed by atoms with Crippen LogP contribution in [0, 0.1) is 0 Å². The van der Waals surface area contributed by atoms with E-state index in [4.69, 9.17) is 17.5 Å². The Kier molecular flexibility index (Phi) is 8.08. The van der Waals surface area contributed by atoms with Gasteiger partial charge in [-0.05, 0) is 0 Å². The summed E-state index contributed by atoms with van der Waals surface area (Å²) in [6, 6.07) is 0. The zero-order valence-electron chi connectivity index (χ0n) is 12.9. The minimum Gasteiger partial charge on any atom is -0.264 e. The van der Waals surface area contributed by atoms with E-state index in [1.807, 2.05) is 0 Å². The largest absolute Gasteiger partial charge is 0.460 e. The van der Waals surface area contributed by atoms with E-state index in [1.54, 1.807) is 0 Å². The van der Waals surface area contributed by atoms with Crippen LogP contribution in [0.4, 0.5) is 79.0 Å². The van der Waals surface area contributed by atoms with Crippen molar-refractivity contribution in [3.8, 4) is 0 Å². The van der Waals surface area contributed by atoms with Crippen LogP contribution in [0.5, 0.6) is 0 Å². The molecule has 0 saturated carbocycles. The molecule has 0 fully saturated rings. The molecule has 0 heterocycles. The van der Waals surface area contributed by atoms with Crippen LogP contribution in [0.3, 0.4) is 0 Å². The van der Waals surface area contributed by atoms with E-state index >= 15 is 0 Å². The van der Waals surface area contributed by atoms with Gasteiger partial charge >= 0.3 is 58.3 Å². The third-order valence-corrected chi connectivity index (χ3v) is 2.68. The highest BCUT2D eigenvalue weighted by molar-refractivity contribution is 7.79. The lowest BCUT2D eigenvalue weighted by molar-refractivity contribution is -0.468. The number of rotatable bonds is 5. The molecular formula is C8H2F18O4S. The zero-order chi connectivity index (χ0) is 26.5. The monoisotopic (exact) mass is 536 g/mol. The number of halogens is 18. The molecule has 0 aromatic heterocycles. The Labute approximate surface area is 156 Å². The summed E-state index contributed by atoms with van der Waals surface area (Å²) in [7, 11) is -4.67. The van der Waals surface area contributed by atoms with Crippen LogP contribution in [0.15, 0.2) is 0 Å². The number of alkyl halides is 18. The fraction of sp³-hybridized carbons (Fsp3) is 1.00. The molecule has 0 rings (SSSR count). The van der Waals surface area contributed by atoms with Gasteiger partial charge < -0.3 is 0 Å². The molecule has 190 valence electrons. The Morgan fingerprint density at radius 1 is 0.355 bits per heavy atom. The Balaban J connectivity index is 0. The molecule has 2 N–H and O–H groups in total. The molecule has 23 heteroatoms. The average molecular weight is 536 g/mol. The molecule has 0 bridgehead atoms. The van der Waals surface area contributed by atoms with Gasteiger partial charge in [-0.25, -0.2) is 0 Å². The summed E-state index contributed by atoms with van der Waals surface area (Å²) in [5, 5.41) is 0. The molecule has 0 saturated heterocycles. The Morgan fingerprint density at radius 3 is 0.548 bits per heavy atom. The summed E-state index contributed by atoms with van der Waals surface area (Å²) in [5.74, 6) is -51.0. The molecule has 0 atom stereocenters. The van der Waals surface area contributed by atoms with Gasteiger partial charge in [0.2, 0.25) is 0 Å². The molecular weight excluding hydrogens is 534 g/mol. The quantitative estimate of drug-likeness (QED) is 0.371. The topological polar surface area (TPSA) is 74.6 Å².